The zero-order chi connectivity index (χ0) is 17.7. The number of rotatable bonds is 5. The van der Waals surface area contributed by atoms with E-state index in [2.05, 4.69) is 11.4 Å². The van der Waals surface area contributed by atoms with Crippen molar-refractivity contribution in [1.29, 1.82) is 0 Å². The number of hydrogen-bond acceptors (Lipinski definition) is 3. The lowest BCUT2D eigenvalue weighted by Gasteiger charge is -2.20. The van der Waals surface area contributed by atoms with Gasteiger partial charge in [0, 0.05) is 12.6 Å². The van der Waals surface area contributed by atoms with Crippen LogP contribution in [-0.2, 0) is 13.0 Å². The molecule has 5 heteroatoms. The predicted octanol–water partition coefficient (Wildman–Crippen LogP) is 3.98. The predicted molar refractivity (Wildman–Crippen MR) is 94.8 cm³/mol. The molecule has 0 saturated heterocycles. The van der Waals surface area contributed by atoms with Gasteiger partial charge >= 0.3 is 6.03 Å². The van der Waals surface area contributed by atoms with E-state index in [1.54, 1.807) is 6.07 Å². The number of carbonyl (C=O) groups is 1. The summed E-state index contributed by atoms with van der Waals surface area (Å²) in [5, 5.41) is 13.2. The summed E-state index contributed by atoms with van der Waals surface area (Å²) in [6.45, 7) is 6.31. The molecule has 0 atom stereocenters. The highest BCUT2D eigenvalue weighted by atomic mass is 16.5. The molecule has 2 aromatic carbocycles. The van der Waals surface area contributed by atoms with Gasteiger partial charge in [-0.3, -0.25) is 5.21 Å². The number of anilines is 1. The second-order valence-electron chi connectivity index (χ2n) is 5.74. The molecule has 0 aliphatic rings. The molecule has 2 aromatic rings. The number of aryl methyl sites for hydroxylation is 3. The molecule has 0 bridgehead atoms. The highest BCUT2D eigenvalue weighted by molar-refractivity contribution is 5.90. The smallest absolute Gasteiger partial charge is 0.345 e. The molecule has 0 unspecified atom stereocenters. The molecular weight excluding hydrogens is 304 g/mol. The van der Waals surface area contributed by atoms with Crippen molar-refractivity contribution in [2.75, 3.05) is 12.1 Å². The first-order chi connectivity index (χ1) is 11.5. The van der Waals surface area contributed by atoms with Crippen LogP contribution in [0.25, 0.3) is 0 Å². The van der Waals surface area contributed by atoms with Crippen LogP contribution in [0.1, 0.15) is 29.2 Å². The summed E-state index contributed by atoms with van der Waals surface area (Å²) < 4.78 is 5.89. The minimum atomic E-state index is -0.587. The standard InChI is InChI=1S/C19H24N2O3/c1-5-15-7-8-16(17(11-15)21(23)19(22)20-4)12-24-18-9-6-13(2)10-14(18)3/h6-11,23H,5,12H2,1-4H3,(H,20,22). The minimum Gasteiger partial charge on any atom is -0.489 e. The van der Waals surface area contributed by atoms with Crippen molar-refractivity contribution < 1.29 is 14.7 Å². The lowest BCUT2D eigenvalue weighted by Crippen LogP contribution is -2.36. The van der Waals surface area contributed by atoms with Crippen molar-refractivity contribution in [3.63, 3.8) is 0 Å². The molecule has 0 spiro atoms. The van der Waals surface area contributed by atoms with Gasteiger partial charge < -0.3 is 10.1 Å². The van der Waals surface area contributed by atoms with Crippen molar-refractivity contribution >= 4 is 11.7 Å². The van der Waals surface area contributed by atoms with Crippen molar-refractivity contribution in [1.82, 2.24) is 5.32 Å². The van der Waals surface area contributed by atoms with Crippen LogP contribution < -0.4 is 15.1 Å². The maximum atomic E-state index is 11.8. The van der Waals surface area contributed by atoms with Gasteiger partial charge in [0.2, 0.25) is 0 Å². The molecule has 2 amide bonds. The number of ether oxygens (including phenoxy) is 1. The van der Waals surface area contributed by atoms with Crippen LogP contribution in [0, 0.1) is 13.8 Å². The van der Waals surface area contributed by atoms with Gasteiger partial charge in [0.25, 0.3) is 0 Å². The second-order valence-corrected chi connectivity index (χ2v) is 5.74. The number of nitrogens with one attached hydrogen (secondary N) is 1. The Labute approximate surface area is 142 Å². The maximum absolute atomic E-state index is 11.8. The van der Waals surface area contributed by atoms with Crippen LogP contribution in [0.4, 0.5) is 10.5 Å². The summed E-state index contributed by atoms with van der Waals surface area (Å²) >= 11 is 0. The van der Waals surface area contributed by atoms with Crippen LogP contribution in [-0.4, -0.2) is 18.3 Å². The first kappa shape index (κ1) is 17.8. The number of amides is 2. The van der Waals surface area contributed by atoms with Crippen LogP contribution in [0.15, 0.2) is 36.4 Å². The third kappa shape index (κ3) is 4.06. The number of nitrogens with zero attached hydrogens (tertiary/aromatic N) is 1. The summed E-state index contributed by atoms with van der Waals surface area (Å²) in [4.78, 5) is 11.8. The second kappa shape index (κ2) is 7.84. The Hall–Kier alpha value is -2.53. The molecule has 128 valence electrons. The van der Waals surface area contributed by atoms with Crippen LogP contribution in [0.5, 0.6) is 5.75 Å². The number of hydroxylamine groups is 1. The van der Waals surface area contributed by atoms with E-state index in [4.69, 9.17) is 4.74 Å². The molecule has 2 rings (SSSR count). The van der Waals surface area contributed by atoms with E-state index in [-0.39, 0.29) is 6.61 Å². The van der Waals surface area contributed by atoms with Gasteiger partial charge in [-0.15, -0.1) is 0 Å². The summed E-state index contributed by atoms with van der Waals surface area (Å²) in [5.74, 6) is 0.788. The molecule has 24 heavy (non-hydrogen) atoms. The Bertz CT molecular complexity index is 729. The monoisotopic (exact) mass is 328 g/mol. The Morgan fingerprint density at radius 3 is 2.58 bits per heavy atom. The number of urea groups is 1. The number of carbonyl (C=O) groups excluding carboxylic acids is 1. The fraction of sp³-hybridized carbons (Fsp3) is 0.316. The van der Waals surface area contributed by atoms with E-state index in [1.165, 1.54) is 12.6 Å². The summed E-state index contributed by atoms with van der Waals surface area (Å²) in [6.07, 6.45) is 0.812. The minimum absolute atomic E-state index is 0.261. The lowest BCUT2D eigenvalue weighted by molar-refractivity contribution is 0.205. The first-order valence-electron chi connectivity index (χ1n) is 7.98. The molecule has 0 aliphatic heterocycles. The van der Waals surface area contributed by atoms with Crippen molar-refractivity contribution in [2.24, 2.45) is 0 Å². The fourth-order valence-corrected chi connectivity index (χ4v) is 2.48. The third-order valence-electron chi connectivity index (χ3n) is 3.91. The maximum Gasteiger partial charge on any atom is 0.345 e. The van der Waals surface area contributed by atoms with Gasteiger partial charge in [-0.1, -0.05) is 36.8 Å². The molecule has 0 heterocycles. The van der Waals surface area contributed by atoms with Gasteiger partial charge in [0.15, 0.2) is 0 Å². The highest BCUT2D eigenvalue weighted by Gasteiger charge is 2.16. The SMILES string of the molecule is CCc1ccc(COc2ccc(C)cc2C)c(N(O)C(=O)NC)c1. The summed E-state index contributed by atoms with van der Waals surface area (Å²) in [6, 6.07) is 11.0. The quantitative estimate of drug-likeness (QED) is 0.644. The average molecular weight is 328 g/mol. The van der Waals surface area contributed by atoms with E-state index in [9.17, 15) is 10.0 Å². The van der Waals surface area contributed by atoms with Gasteiger partial charge in [-0.25, -0.2) is 4.79 Å². The number of benzene rings is 2. The topological polar surface area (TPSA) is 61.8 Å². The van der Waals surface area contributed by atoms with Crippen LogP contribution in [0.3, 0.4) is 0 Å². The largest absolute Gasteiger partial charge is 0.489 e. The van der Waals surface area contributed by atoms with Crippen molar-refractivity contribution in [2.45, 2.75) is 33.8 Å². The summed E-state index contributed by atoms with van der Waals surface area (Å²) in [5.41, 5.74) is 4.42. The Kier molecular flexibility index (Phi) is 5.82. The van der Waals surface area contributed by atoms with Gasteiger partial charge in [-0.2, -0.15) is 5.06 Å². The molecule has 0 aromatic heterocycles. The fourth-order valence-electron chi connectivity index (χ4n) is 2.48. The Morgan fingerprint density at radius 2 is 1.96 bits per heavy atom. The zero-order valence-electron chi connectivity index (χ0n) is 14.6. The van der Waals surface area contributed by atoms with Gasteiger partial charge in [0.1, 0.15) is 12.4 Å². The summed E-state index contributed by atoms with van der Waals surface area (Å²) in [7, 11) is 1.47. The molecule has 0 aliphatic carbocycles. The first-order valence-corrected chi connectivity index (χ1v) is 7.98. The van der Waals surface area contributed by atoms with Gasteiger partial charge in [0.05, 0.1) is 5.69 Å². The Morgan fingerprint density at radius 1 is 1.21 bits per heavy atom. The highest BCUT2D eigenvalue weighted by Crippen LogP contribution is 2.25. The molecule has 0 fully saturated rings. The van der Waals surface area contributed by atoms with E-state index in [0.717, 1.165) is 28.9 Å². The van der Waals surface area contributed by atoms with Crippen LogP contribution in [0.2, 0.25) is 0 Å². The van der Waals surface area contributed by atoms with Gasteiger partial charge in [-0.05, 0) is 43.5 Å². The molecular formula is C19H24N2O3. The van der Waals surface area contributed by atoms with Crippen LogP contribution >= 0.6 is 0 Å². The lowest BCUT2D eigenvalue weighted by atomic mass is 10.1. The molecule has 0 radical (unpaired) electrons. The van der Waals surface area contributed by atoms with Crippen molar-refractivity contribution in [3.05, 3.63) is 58.7 Å². The van der Waals surface area contributed by atoms with E-state index in [1.807, 2.05) is 45.0 Å². The number of hydrogen-bond donors (Lipinski definition) is 2. The normalized spacial score (nSPS) is 10.4. The van der Waals surface area contributed by atoms with Crippen molar-refractivity contribution in [3.8, 4) is 5.75 Å². The molecule has 2 N–H and O–H groups in total. The van der Waals surface area contributed by atoms with E-state index >= 15 is 0 Å². The van der Waals surface area contributed by atoms with E-state index in [0.29, 0.717) is 10.8 Å². The Balaban J connectivity index is 2.27. The zero-order valence-corrected chi connectivity index (χ0v) is 14.6. The third-order valence-corrected chi connectivity index (χ3v) is 3.91. The average Bonchev–Trinajstić information content (AvgIpc) is 2.59. The molecule has 0 saturated carbocycles. The van der Waals surface area contributed by atoms with E-state index < -0.39 is 6.03 Å². The molecule has 5 nitrogen and oxygen atoms in total.